The van der Waals surface area contributed by atoms with E-state index in [-0.39, 0.29) is 5.92 Å². The van der Waals surface area contributed by atoms with Crippen molar-refractivity contribution >= 4 is 38.6 Å². The maximum absolute atomic E-state index is 12.3. The maximum atomic E-state index is 12.3. The van der Waals surface area contributed by atoms with Crippen LogP contribution in [0.5, 0.6) is 11.6 Å². The fraction of sp³-hybridized carbons (Fsp3) is 0.257. The number of ether oxygens (including phenoxy) is 2. The number of para-hydroxylation sites is 1. The molecule has 3 aromatic carbocycles. The SMILES string of the molecule is COc1ccc(-c2ccc(Cn3c([C@@H]4CCCC[C@@H]4C(=O)O)nc4cc(OCc5nc6ccccc6s5)ccc43)cc2)cn1. The number of carboxylic acids is 1. The highest BCUT2D eigenvalue weighted by atomic mass is 32.1. The quantitative estimate of drug-likeness (QED) is 0.181. The van der Waals surface area contributed by atoms with Gasteiger partial charge < -0.3 is 19.1 Å². The fourth-order valence-corrected chi connectivity index (χ4v) is 7.07. The molecular formula is C35H32N4O4S. The van der Waals surface area contributed by atoms with Gasteiger partial charge in [0.15, 0.2) is 0 Å². The number of hydrogen-bond donors (Lipinski definition) is 1. The van der Waals surface area contributed by atoms with Gasteiger partial charge in [0.05, 0.1) is 34.3 Å². The third-order valence-corrected chi connectivity index (χ3v) is 9.45. The Hall–Kier alpha value is -4.76. The number of carboxylic acid groups (broad SMARTS) is 1. The molecule has 0 amide bonds. The maximum Gasteiger partial charge on any atom is 0.307 e. The van der Waals surface area contributed by atoms with Crippen LogP contribution in [0.3, 0.4) is 0 Å². The van der Waals surface area contributed by atoms with Gasteiger partial charge in [-0.1, -0.05) is 49.2 Å². The van der Waals surface area contributed by atoms with Gasteiger partial charge in [0.2, 0.25) is 5.88 Å². The summed E-state index contributed by atoms with van der Waals surface area (Å²) in [5.41, 5.74) is 5.92. The first-order valence-electron chi connectivity index (χ1n) is 14.9. The summed E-state index contributed by atoms with van der Waals surface area (Å²) in [6.07, 6.45) is 5.22. The van der Waals surface area contributed by atoms with Crippen LogP contribution in [0.15, 0.2) is 85.1 Å². The fourth-order valence-electron chi connectivity index (χ4n) is 6.19. The number of aromatic nitrogens is 4. The van der Waals surface area contributed by atoms with Crippen molar-refractivity contribution in [1.82, 2.24) is 19.5 Å². The van der Waals surface area contributed by atoms with Crippen molar-refractivity contribution in [3.63, 3.8) is 0 Å². The molecule has 222 valence electrons. The van der Waals surface area contributed by atoms with Crippen LogP contribution in [0, 0.1) is 5.92 Å². The number of carbonyl (C=O) groups is 1. The van der Waals surface area contributed by atoms with E-state index in [2.05, 4.69) is 44.9 Å². The average molecular weight is 605 g/mol. The van der Waals surface area contributed by atoms with Gasteiger partial charge >= 0.3 is 5.97 Å². The summed E-state index contributed by atoms with van der Waals surface area (Å²) in [6.45, 7) is 0.958. The van der Waals surface area contributed by atoms with E-state index in [9.17, 15) is 9.90 Å². The average Bonchev–Trinajstić information content (AvgIpc) is 3.65. The van der Waals surface area contributed by atoms with Gasteiger partial charge in [0.25, 0.3) is 0 Å². The summed E-state index contributed by atoms with van der Waals surface area (Å²) < 4.78 is 14.7. The van der Waals surface area contributed by atoms with E-state index in [0.717, 1.165) is 68.0 Å². The molecule has 0 aliphatic heterocycles. The zero-order chi connectivity index (χ0) is 30.0. The number of rotatable bonds is 9. The van der Waals surface area contributed by atoms with Crippen LogP contribution in [0.2, 0.25) is 0 Å². The predicted octanol–water partition coefficient (Wildman–Crippen LogP) is 7.70. The number of pyridine rings is 1. The Morgan fingerprint density at radius 2 is 1.77 bits per heavy atom. The van der Waals surface area contributed by atoms with Crippen LogP contribution < -0.4 is 9.47 Å². The minimum atomic E-state index is -0.745. The number of aliphatic carboxylic acids is 1. The van der Waals surface area contributed by atoms with E-state index >= 15 is 0 Å². The van der Waals surface area contributed by atoms with E-state index < -0.39 is 11.9 Å². The molecule has 1 aliphatic rings. The minimum Gasteiger partial charge on any atom is -0.486 e. The Labute approximate surface area is 259 Å². The second kappa shape index (κ2) is 12.1. The van der Waals surface area contributed by atoms with Crippen molar-refractivity contribution in [2.75, 3.05) is 7.11 Å². The molecule has 3 aromatic heterocycles. The molecule has 9 heteroatoms. The largest absolute Gasteiger partial charge is 0.486 e. The number of methoxy groups -OCH3 is 1. The van der Waals surface area contributed by atoms with Crippen molar-refractivity contribution in [3.8, 4) is 22.8 Å². The molecule has 8 nitrogen and oxygen atoms in total. The highest BCUT2D eigenvalue weighted by Crippen LogP contribution is 2.39. The third-order valence-electron chi connectivity index (χ3n) is 8.44. The van der Waals surface area contributed by atoms with Crippen LogP contribution in [0.1, 0.15) is 48.0 Å². The molecule has 0 unspecified atom stereocenters. The van der Waals surface area contributed by atoms with Gasteiger partial charge in [-0.2, -0.15) is 0 Å². The number of benzene rings is 3. The Morgan fingerprint density at radius 1 is 0.955 bits per heavy atom. The van der Waals surface area contributed by atoms with E-state index in [4.69, 9.17) is 14.5 Å². The van der Waals surface area contributed by atoms with Gasteiger partial charge in [0.1, 0.15) is 23.2 Å². The number of fused-ring (bicyclic) bond motifs is 2. The van der Waals surface area contributed by atoms with Crippen LogP contribution in [0.25, 0.3) is 32.4 Å². The summed E-state index contributed by atoms with van der Waals surface area (Å²) in [7, 11) is 1.61. The monoisotopic (exact) mass is 604 g/mol. The minimum absolute atomic E-state index is 0.148. The molecule has 6 aromatic rings. The molecule has 1 N–H and O–H groups in total. The van der Waals surface area contributed by atoms with Gasteiger partial charge in [0, 0.05) is 36.4 Å². The molecule has 44 heavy (non-hydrogen) atoms. The summed E-state index contributed by atoms with van der Waals surface area (Å²) >= 11 is 1.63. The first-order valence-corrected chi connectivity index (χ1v) is 15.7. The molecule has 1 saturated carbocycles. The Bertz CT molecular complexity index is 1900. The van der Waals surface area contributed by atoms with Crippen molar-refractivity contribution in [2.24, 2.45) is 5.92 Å². The lowest BCUT2D eigenvalue weighted by molar-refractivity contribution is -0.143. The van der Waals surface area contributed by atoms with Crippen molar-refractivity contribution in [3.05, 3.63) is 101 Å². The zero-order valence-corrected chi connectivity index (χ0v) is 25.2. The van der Waals surface area contributed by atoms with Gasteiger partial charge in [-0.3, -0.25) is 4.79 Å². The van der Waals surface area contributed by atoms with Crippen molar-refractivity contribution in [2.45, 2.75) is 44.8 Å². The highest BCUT2D eigenvalue weighted by molar-refractivity contribution is 7.18. The molecule has 7 rings (SSSR count). The first-order chi connectivity index (χ1) is 21.6. The lowest BCUT2D eigenvalue weighted by atomic mass is 9.78. The van der Waals surface area contributed by atoms with Crippen LogP contribution in [-0.2, 0) is 17.9 Å². The Morgan fingerprint density at radius 3 is 2.55 bits per heavy atom. The van der Waals surface area contributed by atoms with E-state index in [1.807, 2.05) is 48.5 Å². The summed E-state index contributed by atoms with van der Waals surface area (Å²) in [5.74, 6) is 0.787. The van der Waals surface area contributed by atoms with Gasteiger partial charge in [-0.25, -0.2) is 15.0 Å². The number of thiazole rings is 1. The first kappa shape index (κ1) is 28.0. The number of imidazole rings is 1. The second-order valence-corrected chi connectivity index (χ2v) is 12.3. The summed E-state index contributed by atoms with van der Waals surface area (Å²) in [6, 6.07) is 26.3. The lowest BCUT2D eigenvalue weighted by Crippen LogP contribution is -2.27. The second-order valence-electron chi connectivity index (χ2n) is 11.2. The lowest BCUT2D eigenvalue weighted by Gasteiger charge is -2.28. The molecular weight excluding hydrogens is 572 g/mol. The highest BCUT2D eigenvalue weighted by Gasteiger charge is 2.35. The van der Waals surface area contributed by atoms with Crippen LogP contribution in [-0.4, -0.2) is 37.7 Å². The number of hydrogen-bond acceptors (Lipinski definition) is 7. The van der Waals surface area contributed by atoms with Gasteiger partial charge in [-0.15, -0.1) is 11.3 Å². The molecule has 3 heterocycles. The standard InChI is InChI=1S/C35H32N4O4S/c1-42-32-17-14-24(19-36-32)23-12-10-22(11-13-23)20-39-30-16-15-25(43-21-33-37-28-8-4-5-9-31(28)44-33)18-29(30)38-34(39)26-6-2-3-7-27(26)35(40)41/h4-5,8-19,26-27H,2-3,6-7,20-21H2,1H3,(H,40,41)/t26-,27+/m1/s1. The summed E-state index contributed by atoms with van der Waals surface area (Å²) in [5, 5.41) is 11.0. The zero-order valence-electron chi connectivity index (χ0n) is 24.3. The predicted molar refractivity (Wildman–Crippen MR) is 171 cm³/mol. The van der Waals surface area contributed by atoms with E-state index in [1.54, 1.807) is 24.6 Å². The molecule has 2 atom stereocenters. The van der Waals surface area contributed by atoms with Crippen molar-refractivity contribution in [1.29, 1.82) is 0 Å². The smallest absolute Gasteiger partial charge is 0.307 e. The van der Waals surface area contributed by atoms with E-state index in [0.29, 0.717) is 31.2 Å². The van der Waals surface area contributed by atoms with E-state index in [1.165, 1.54) is 0 Å². The molecule has 0 spiro atoms. The summed E-state index contributed by atoms with van der Waals surface area (Å²) in [4.78, 5) is 26.4. The van der Waals surface area contributed by atoms with Crippen molar-refractivity contribution < 1.29 is 19.4 Å². The van der Waals surface area contributed by atoms with Gasteiger partial charge in [-0.05, 0) is 54.3 Å². The number of nitrogens with zero attached hydrogens (tertiary/aromatic N) is 4. The molecule has 0 radical (unpaired) electrons. The Kier molecular flexibility index (Phi) is 7.70. The van der Waals surface area contributed by atoms with Crippen LogP contribution in [0.4, 0.5) is 0 Å². The Balaban J connectivity index is 1.19. The third kappa shape index (κ3) is 5.63. The topological polar surface area (TPSA) is 99.4 Å². The molecule has 1 aliphatic carbocycles. The molecule has 0 saturated heterocycles. The normalized spacial score (nSPS) is 16.8. The van der Waals surface area contributed by atoms with Crippen LogP contribution >= 0.6 is 11.3 Å². The molecule has 0 bridgehead atoms. The molecule has 1 fully saturated rings.